The normalized spacial score (nSPS) is 27.8. The third-order valence-electron chi connectivity index (χ3n) is 3.20. The summed E-state index contributed by atoms with van der Waals surface area (Å²) in [4.78, 5) is 14.5. The van der Waals surface area contributed by atoms with Crippen molar-refractivity contribution in [1.82, 2.24) is 4.90 Å². The maximum Gasteiger partial charge on any atom is 0.410 e. The average molecular weight is 306 g/mol. The van der Waals surface area contributed by atoms with Gasteiger partial charge in [-0.2, -0.15) is 0 Å². The summed E-state index contributed by atoms with van der Waals surface area (Å²) in [6.45, 7) is 7.70. The van der Waals surface area contributed by atoms with Crippen LogP contribution < -0.4 is 0 Å². The molecule has 1 spiro atoms. The Hall–Kier alpha value is -0.290. The van der Waals surface area contributed by atoms with E-state index in [4.69, 9.17) is 9.47 Å². The fraction of sp³-hybridized carbons (Fsp3) is 0.917. The van der Waals surface area contributed by atoms with Crippen LogP contribution in [0.4, 0.5) is 4.79 Å². The SMILES string of the molecule is CC(C)(C)OC(=O)N1CCC(Br)CC12COC2. The number of alkyl halides is 1. The summed E-state index contributed by atoms with van der Waals surface area (Å²) in [5, 5.41) is 0. The average Bonchev–Trinajstić information content (AvgIpc) is 2.12. The number of carbonyl (C=O) groups is 1. The molecule has 5 heteroatoms. The van der Waals surface area contributed by atoms with Crippen LogP contribution in [0.2, 0.25) is 0 Å². The molecule has 2 saturated heterocycles. The van der Waals surface area contributed by atoms with Gasteiger partial charge in [-0.15, -0.1) is 0 Å². The molecule has 1 atom stereocenters. The van der Waals surface area contributed by atoms with Crippen molar-refractivity contribution in [1.29, 1.82) is 0 Å². The third-order valence-corrected chi connectivity index (χ3v) is 3.98. The number of hydrogen-bond acceptors (Lipinski definition) is 3. The number of carbonyl (C=O) groups excluding carboxylic acids is 1. The maximum atomic E-state index is 12.2. The van der Waals surface area contributed by atoms with Crippen molar-refractivity contribution < 1.29 is 14.3 Å². The predicted molar refractivity (Wildman–Crippen MR) is 68.4 cm³/mol. The fourth-order valence-electron chi connectivity index (χ4n) is 2.34. The van der Waals surface area contributed by atoms with Gasteiger partial charge >= 0.3 is 6.09 Å². The van der Waals surface area contributed by atoms with Gasteiger partial charge in [-0.3, -0.25) is 4.90 Å². The van der Waals surface area contributed by atoms with Gasteiger partial charge in [0.1, 0.15) is 5.60 Å². The van der Waals surface area contributed by atoms with Crippen LogP contribution in [0, 0.1) is 0 Å². The second-order valence-corrected chi connectivity index (χ2v) is 7.23. The van der Waals surface area contributed by atoms with E-state index in [1.165, 1.54) is 0 Å². The van der Waals surface area contributed by atoms with E-state index < -0.39 is 5.60 Å². The number of rotatable bonds is 0. The number of ether oxygens (including phenoxy) is 2. The topological polar surface area (TPSA) is 38.8 Å². The highest BCUT2D eigenvalue weighted by Gasteiger charge is 2.50. The van der Waals surface area contributed by atoms with E-state index in [2.05, 4.69) is 15.9 Å². The molecule has 2 rings (SSSR count). The molecule has 2 aliphatic heterocycles. The Morgan fingerprint density at radius 1 is 1.47 bits per heavy atom. The highest BCUT2D eigenvalue weighted by Crippen LogP contribution is 2.38. The fourth-order valence-corrected chi connectivity index (χ4v) is 3.15. The first-order valence-corrected chi connectivity index (χ1v) is 6.96. The molecule has 2 fully saturated rings. The monoisotopic (exact) mass is 305 g/mol. The number of amides is 1. The quantitative estimate of drug-likeness (QED) is 0.646. The van der Waals surface area contributed by atoms with Gasteiger partial charge in [0.05, 0.1) is 18.8 Å². The zero-order chi connectivity index (χ0) is 12.7. The lowest BCUT2D eigenvalue weighted by molar-refractivity contribution is -0.148. The van der Waals surface area contributed by atoms with Crippen LogP contribution in [0.15, 0.2) is 0 Å². The molecule has 0 aliphatic carbocycles. The maximum absolute atomic E-state index is 12.2. The van der Waals surface area contributed by atoms with E-state index in [9.17, 15) is 4.79 Å². The smallest absolute Gasteiger partial charge is 0.410 e. The third kappa shape index (κ3) is 2.76. The molecule has 98 valence electrons. The Kier molecular flexibility index (Phi) is 3.42. The summed E-state index contributed by atoms with van der Waals surface area (Å²) in [7, 11) is 0. The van der Waals surface area contributed by atoms with Gasteiger partial charge in [0.2, 0.25) is 0 Å². The molecule has 0 radical (unpaired) electrons. The van der Waals surface area contributed by atoms with Crippen molar-refractivity contribution in [3.8, 4) is 0 Å². The second-order valence-electron chi connectivity index (χ2n) is 5.94. The molecule has 0 aromatic rings. The van der Waals surface area contributed by atoms with E-state index in [1.807, 2.05) is 25.7 Å². The molecule has 17 heavy (non-hydrogen) atoms. The van der Waals surface area contributed by atoms with Crippen LogP contribution >= 0.6 is 15.9 Å². The van der Waals surface area contributed by atoms with Gasteiger partial charge in [-0.25, -0.2) is 4.79 Å². The van der Waals surface area contributed by atoms with Gasteiger partial charge in [-0.1, -0.05) is 15.9 Å². The molecule has 0 aromatic carbocycles. The molecule has 2 heterocycles. The number of piperidine rings is 1. The Morgan fingerprint density at radius 2 is 2.12 bits per heavy atom. The first kappa shape index (κ1) is 13.1. The van der Waals surface area contributed by atoms with Gasteiger partial charge in [0.15, 0.2) is 0 Å². The zero-order valence-corrected chi connectivity index (χ0v) is 12.2. The summed E-state index contributed by atoms with van der Waals surface area (Å²) < 4.78 is 10.8. The van der Waals surface area contributed by atoms with Gasteiger partial charge in [0.25, 0.3) is 0 Å². The van der Waals surface area contributed by atoms with E-state index in [1.54, 1.807) is 0 Å². The molecular formula is C12H20BrNO3. The molecule has 0 bridgehead atoms. The number of nitrogens with zero attached hydrogens (tertiary/aromatic N) is 1. The van der Waals surface area contributed by atoms with Crippen molar-refractivity contribution >= 4 is 22.0 Å². The number of likely N-dealkylation sites (tertiary alicyclic amines) is 1. The van der Waals surface area contributed by atoms with Crippen molar-refractivity contribution in [3.05, 3.63) is 0 Å². The Labute approximate surface area is 111 Å². The largest absolute Gasteiger partial charge is 0.444 e. The summed E-state index contributed by atoms with van der Waals surface area (Å²) >= 11 is 3.64. The molecule has 0 saturated carbocycles. The Morgan fingerprint density at radius 3 is 2.59 bits per heavy atom. The Balaban J connectivity index is 2.06. The standard InChI is InChI=1S/C12H20BrNO3/c1-11(2,3)17-10(15)14-5-4-9(13)6-12(14)7-16-8-12/h9H,4-8H2,1-3H3. The molecule has 4 nitrogen and oxygen atoms in total. The minimum Gasteiger partial charge on any atom is -0.444 e. The van der Waals surface area contributed by atoms with Crippen molar-refractivity contribution in [2.75, 3.05) is 19.8 Å². The molecule has 0 aromatic heterocycles. The molecule has 0 N–H and O–H groups in total. The van der Waals surface area contributed by atoms with E-state index in [0.29, 0.717) is 18.0 Å². The first-order chi connectivity index (χ1) is 7.82. The van der Waals surface area contributed by atoms with E-state index in [-0.39, 0.29) is 11.6 Å². The highest BCUT2D eigenvalue weighted by atomic mass is 79.9. The lowest BCUT2D eigenvalue weighted by Crippen LogP contribution is -2.67. The van der Waals surface area contributed by atoms with Crippen LogP contribution in [0.5, 0.6) is 0 Å². The lowest BCUT2D eigenvalue weighted by Gasteiger charge is -2.53. The first-order valence-electron chi connectivity index (χ1n) is 6.05. The van der Waals surface area contributed by atoms with E-state index in [0.717, 1.165) is 19.4 Å². The predicted octanol–water partition coefficient (Wildman–Crippen LogP) is 2.55. The molecule has 1 unspecified atom stereocenters. The summed E-state index contributed by atoms with van der Waals surface area (Å²) in [5.74, 6) is 0. The molecule has 1 amide bonds. The van der Waals surface area contributed by atoms with Crippen molar-refractivity contribution in [2.24, 2.45) is 0 Å². The second kappa shape index (κ2) is 4.43. The highest BCUT2D eigenvalue weighted by molar-refractivity contribution is 9.09. The lowest BCUT2D eigenvalue weighted by atomic mass is 9.85. The van der Waals surface area contributed by atoms with Crippen LogP contribution in [0.1, 0.15) is 33.6 Å². The molecule has 2 aliphatic rings. The number of halogens is 1. The zero-order valence-electron chi connectivity index (χ0n) is 10.7. The van der Waals surface area contributed by atoms with Crippen LogP contribution in [-0.4, -0.2) is 46.7 Å². The van der Waals surface area contributed by atoms with Gasteiger partial charge in [-0.05, 0) is 33.6 Å². The van der Waals surface area contributed by atoms with Crippen molar-refractivity contribution in [2.45, 2.75) is 49.6 Å². The van der Waals surface area contributed by atoms with Crippen molar-refractivity contribution in [3.63, 3.8) is 0 Å². The van der Waals surface area contributed by atoms with Crippen LogP contribution in [0.3, 0.4) is 0 Å². The summed E-state index contributed by atoms with van der Waals surface area (Å²) in [5.41, 5.74) is -0.567. The van der Waals surface area contributed by atoms with E-state index >= 15 is 0 Å². The van der Waals surface area contributed by atoms with Crippen LogP contribution in [-0.2, 0) is 9.47 Å². The molecular weight excluding hydrogens is 286 g/mol. The number of hydrogen-bond donors (Lipinski definition) is 0. The van der Waals surface area contributed by atoms with Crippen LogP contribution in [0.25, 0.3) is 0 Å². The van der Waals surface area contributed by atoms with Gasteiger partial charge < -0.3 is 9.47 Å². The van der Waals surface area contributed by atoms with Gasteiger partial charge in [0, 0.05) is 11.4 Å². The Bertz CT molecular complexity index is 309. The minimum atomic E-state index is -0.436. The summed E-state index contributed by atoms with van der Waals surface area (Å²) in [6.07, 6.45) is 1.72. The minimum absolute atomic E-state index is 0.130. The summed E-state index contributed by atoms with van der Waals surface area (Å²) in [6, 6.07) is 0.